The van der Waals surface area contributed by atoms with Crippen molar-refractivity contribution >= 4 is 43.8 Å². The first-order valence-electron chi connectivity index (χ1n) is 8.82. The second kappa shape index (κ2) is 9.34. The maximum atomic E-state index is 5.89. The molecule has 3 aromatic carbocycles. The Morgan fingerprint density at radius 3 is 2.41 bits per heavy atom. The fraction of sp³-hybridized carbons (Fsp3) is 0.174. The van der Waals surface area contributed by atoms with Crippen molar-refractivity contribution in [2.45, 2.75) is 26.4 Å². The molecule has 0 atom stereocenters. The Kier molecular flexibility index (Phi) is 6.86. The van der Waals surface area contributed by atoms with Gasteiger partial charge in [0, 0.05) is 20.7 Å². The Morgan fingerprint density at radius 2 is 1.70 bits per heavy atom. The molecule has 0 saturated heterocycles. The molecule has 0 saturated carbocycles. The van der Waals surface area contributed by atoms with E-state index in [1.807, 2.05) is 54.7 Å². The lowest BCUT2D eigenvalue weighted by molar-refractivity contribution is 0.305. The molecule has 0 heterocycles. The van der Waals surface area contributed by atoms with Crippen LogP contribution in [0, 0.1) is 0 Å². The zero-order chi connectivity index (χ0) is 19.2. The minimum absolute atomic E-state index is 0.451. The summed E-state index contributed by atoms with van der Waals surface area (Å²) in [5.41, 5.74) is 4.43. The highest BCUT2D eigenvalue weighted by molar-refractivity contribution is 9.11. The summed E-state index contributed by atoms with van der Waals surface area (Å²) >= 11 is 7.02. The Balaban J connectivity index is 1.65. The van der Waals surface area contributed by atoms with Gasteiger partial charge in [-0.2, -0.15) is 0 Å². The SMILES string of the molecule is CC(C)c1ccccc1N=Cc1ccc(OCc2ccc(Br)cc2Br)cc1. The van der Waals surface area contributed by atoms with Gasteiger partial charge in [-0.25, -0.2) is 0 Å². The van der Waals surface area contributed by atoms with Gasteiger partial charge in [0.1, 0.15) is 12.4 Å². The Morgan fingerprint density at radius 1 is 0.963 bits per heavy atom. The van der Waals surface area contributed by atoms with Gasteiger partial charge in [0.15, 0.2) is 0 Å². The number of hydrogen-bond acceptors (Lipinski definition) is 2. The van der Waals surface area contributed by atoms with Crippen molar-refractivity contribution in [3.05, 3.63) is 92.4 Å². The molecular formula is C23H21Br2NO. The maximum Gasteiger partial charge on any atom is 0.119 e. The molecule has 0 aliphatic carbocycles. The maximum absolute atomic E-state index is 5.89. The predicted octanol–water partition coefficient (Wildman–Crippen LogP) is 7.66. The summed E-state index contributed by atoms with van der Waals surface area (Å²) in [6.07, 6.45) is 1.90. The van der Waals surface area contributed by atoms with Gasteiger partial charge in [-0.05, 0) is 59.5 Å². The Hall–Kier alpha value is -1.91. The van der Waals surface area contributed by atoms with E-state index in [-0.39, 0.29) is 0 Å². The first-order valence-corrected chi connectivity index (χ1v) is 10.4. The van der Waals surface area contributed by atoms with Crippen LogP contribution in [-0.4, -0.2) is 6.21 Å². The van der Waals surface area contributed by atoms with E-state index < -0.39 is 0 Å². The minimum Gasteiger partial charge on any atom is -0.489 e. The fourth-order valence-electron chi connectivity index (χ4n) is 2.69. The van der Waals surface area contributed by atoms with E-state index in [9.17, 15) is 0 Å². The number of benzene rings is 3. The molecule has 2 nitrogen and oxygen atoms in total. The van der Waals surface area contributed by atoms with Crippen LogP contribution in [0.3, 0.4) is 0 Å². The normalized spacial score (nSPS) is 11.3. The van der Waals surface area contributed by atoms with Gasteiger partial charge in [0.25, 0.3) is 0 Å². The molecule has 0 aliphatic rings. The lowest BCUT2D eigenvalue weighted by Gasteiger charge is -2.09. The van der Waals surface area contributed by atoms with Crippen LogP contribution < -0.4 is 4.74 Å². The fourth-order valence-corrected chi connectivity index (χ4v) is 3.85. The number of aliphatic imine (C=N–C) groups is 1. The average molecular weight is 487 g/mol. The molecule has 0 spiro atoms. The monoisotopic (exact) mass is 485 g/mol. The molecule has 0 N–H and O–H groups in total. The molecule has 138 valence electrons. The molecule has 0 aromatic heterocycles. The van der Waals surface area contributed by atoms with Gasteiger partial charge in [-0.1, -0.05) is 70.0 Å². The summed E-state index contributed by atoms with van der Waals surface area (Å²) in [6.45, 7) is 4.89. The second-order valence-corrected chi connectivity index (χ2v) is 8.34. The number of nitrogens with zero attached hydrogens (tertiary/aromatic N) is 1. The molecule has 3 aromatic rings. The predicted molar refractivity (Wildman–Crippen MR) is 120 cm³/mol. The smallest absolute Gasteiger partial charge is 0.119 e. The van der Waals surface area contributed by atoms with Crippen molar-refractivity contribution < 1.29 is 4.74 Å². The van der Waals surface area contributed by atoms with Crippen molar-refractivity contribution in [1.82, 2.24) is 0 Å². The summed E-state index contributed by atoms with van der Waals surface area (Å²) in [6, 6.07) is 22.3. The van der Waals surface area contributed by atoms with Gasteiger partial charge >= 0.3 is 0 Å². The topological polar surface area (TPSA) is 21.6 Å². The van der Waals surface area contributed by atoms with Gasteiger partial charge in [-0.15, -0.1) is 0 Å². The molecule has 4 heteroatoms. The average Bonchev–Trinajstić information content (AvgIpc) is 2.66. The highest BCUT2D eigenvalue weighted by atomic mass is 79.9. The summed E-state index contributed by atoms with van der Waals surface area (Å²) < 4.78 is 7.97. The van der Waals surface area contributed by atoms with E-state index in [4.69, 9.17) is 4.74 Å². The molecule has 0 bridgehead atoms. The third kappa shape index (κ3) is 5.53. The molecule has 0 amide bonds. The number of halogens is 2. The van der Waals surface area contributed by atoms with Crippen LogP contribution in [0.1, 0.15) is 36.5 Å². The third-order valence-corrected chi connectivity index (χ3v) is 5.43. The van der Waals surface area contributed by atoms with E-state index >= 15 is 0 Å². The molecule has 0 radical (unpaired) electrons. The highest BCUT2D eigenvalue weighted by Crippen LogP contribution is 2.26. The standard InChI is InChI=1S/C23H21Br2NO/c1-16(2)21-5-3-4-6-23(21)26-14-17-7-11-20(12-8-17)27-15-18-9-10-19(24)13-22(18)25/h3-14,16H,15H2,1-2H3. The number of para-hydroxylation sites is 1. The first-order chi connectivity index (χ1) is 13.0. The highest BCUT2D eigenvalue weighted by Gasteiger charge is 2.04. The molecule has 3 rings (SSSR count). The van der Waals surface area contributed by atoms with Crippen LogP contribution in [-0.2, 0) is 6.61 Å². The van der Waals surface area contributed by atoms with Crippen LogP contribution in [0.5, 0.6) is 5.75 Å². The van der Waals surface area contributed by atoms with Crippen molar-refractivity contribution in [3.63, 3.8) is 0 Å². The third-order valence-electron chi connectivity index (χ3n) is 4.20. The van der Waals surface area contributed by atoms with Gasteiger partial charge in [0.05, 0.1) is 5.69 Å². The summed E-state index contributed by atoms with van der Waals surface area (Å²) in [7, 11) is 0. The molecule has 0 unspecified atom stereocenters. The van der Waals surface area contributed by atoms with Crippen molar-refractivity contribution in [2.75, 3.05) is 0 Å². The molecule has 0 aliphatic heterocycles. The lowest BCUT2D eigenvalue weighted by atomic mass is 10.0. The largest absolute Gasteiger partial charge is 0.489 e. The zero-order valence-corrected chi connectivity index (χ0v) is 18.5. The van der Waals surface area contributed by atoms with Crippen molar-refractivity contribution in [2.24, 2.45) is 4.99 Å². The van der Waals surface area contributed by atoms with E-state index in [1.54, 1.807) is 0 Å². The van der Waals surface area contributed by atoms with Gasteiger partial charge < -0.3 is 4.74 Å². The van der Waals surface area contributed by atoms with Crippen LogP contribution in [0.4, 0.5) is 5.69 Å². The lowest BCUT2D eigenvalue weighted by Crippen LogP contribution is -1.96. The summed E-state index contributed by atoms with van der Waals surface area (Å²) in [5.74, 6) is 1.29. The molecule has 27 heavy (non-hydrogen) atoms. The van der Waals surface area contributed by atoms with E-state index in [1.165, 1.54) is 5.56 Å². The van der Waals surface area contributed by atoms with E-state index in [2.05, 4.69) is 68.9 Å². The zero-order valence-electron chi connectivity index (χ0n) is 15.3. The van der Waals surface area contributed by atoms with E-state index in [0.717, 1.165) is 31.5 Å². The van der Waals surface area contributed by atoms with E-state index in [0.29, 0.717) is 12.5 Å². The van der Waals surface area contributed by atoms with Crippen LogP contribution in [0.2, 0.25) is 0 Å². The second-order valence-electron chi connectivity index (χ2n) is 6.57. The Labute approximate surface area is 177 Å². The summed E-state index contributed by atoms with van der Waals surface area (Å²) in [4.78, 5) is 4.66. The van der Waals surface area contributed by atoms with Crippen molar-refractivity contribution in [1.29, 1.82) is 0 Å². The van der Waals surface area contributed by atoms with Crippen molar-refractivity contribution in [3.8, 4) is 5.75 Å². The summed E-state index contributed by atoms with van der Waals surface area (Å²) in [5, 5.41) is 0. The minimum atomic E-state index is 0.451. The van der Waals surface area contributed by atoms with Crippen LogP contribution >= 0.6 is 31.9 Å². The molecular weight excluding hydrogens is 466 g/mol. The number of hydrogen-bond donors (Lipinski definition) is 0. The number of rotatable bonds is 6. The number of ether oxygens (including phenoxy) is 1. The first kappa shape index (κ1) is 19.8. The van der Waals surface area contributed by atoms with Crippen LogP contribution in [0.15, 0.2) is 80.7 Å². The van der Waals surface area contributed by atoms with Gasteiger partial charge in [0.2, 0.25) is 0 Å². The quantitative estimate of drug-likeness (QED) is 0.327. The van der Waals surface area contributed by atoms with Crippen LogP contribution in [0.25, 0.3) is 0 Å². The van der Waals surface area contributed by atoms with Gasteiger partial charge in [-0.3, -0.25) is 4.99 Å². The Bertz CT molecular complexity index is 933. The molecule has 0 fully saturated rings.